The van der Waals surface area contributed by atoms with Crippen molar-refractivity contribution in [1.82, 2.24) is 15.0 Å². The molecule has 3 aromatic rings. The molecule has 0 fully saturated rings. The number of H-pyrrole nitrogens is 1. The molecule has 3 heterocycles. The lowest BCUT2D eigenvalue weighted by Gasteiger charge is -1.93. The highest BCUT2D eigenvalue weighted by Gasteiger charge is 2.14. The van der Waals surface area contributed by atoms with Gasteiger partial charge in [0.1, 0.15) is 15.4 Å². The van der Waals surface area contributed by atoms with Crippen LogP contribution in [-0.4, -0.2) is 20.1 Å². The van der Waals surface area contributed by atoms with Crippen LogP contribution in [0.15, 0.2) is 31.1 Å². The van der Waals surface area contributed by atoms with Crippen molar-refractivity contribution in [3.63, 3.8) is 0 Å². The Labute approximate surface area is 101 Å². The lowest BCUT2D eigenvalue weighted by Crippen LogP contribution is -1.77. The van der Waals surface area contributed by atoms with Gasteiger partial charge >= 0.3 is 0 Å². The second-order valence-corrected chi connectivity index (χ2v) is 4.53. The van der Waals surface area contributed by atoms with Crippen LogP contribution in [0.1, 0.15) is 5.69 Å². The molecule has 0 saturated heterocycles. The number of rotatable bonds is 2. The molecule has 0 bridgehead atoms. The Morgan fingerprint density at radius 3 is 3.00 bits per heavy atom. The molecule has 0 spiro atoms. The maximum absolute atomic E-state index is 9.88. The fraction of sp³-hybridized carbons (Fsp3) is 0. The molecule has 2 N–H and O–H groups in total. The molecule has 3 rings (SSSR count). The summed E-state index contributed by atoms with van der Waals surface area (Å²) in [6, 6.07) is 3.80. The van der Waals surface area contributed by atoms with Crippen LogP contribution in [0.25, 0.3) is 27.0 Å². The zero-order valence-corrected chi connectivity index (χ0v) is 9.66. The van der Waals surface area contributed by atoms with Crippen molar-refractivity contribution in [3.05, 3.63) is 36.8 Å². The van der Waals surface area contributed by atoms with E-state index in [-0.39, 0.29) is 5.75 Å². The molecule has 3 aromatic heterocycles. The first-order chi connectivity index (χ1) is 8.29. The van der Waals surface area contributed by atoms with Gasteiger partial charge in [-0.25, -0.2) is 4.98 Å². The summed E-state index contributed by atoms with van der Waals surface area (Å²) >= 11 is 1.49. The highest BCUT2D eigenvalue weighted by Crippen LogP contribution is 2.36. The topological polar surface area (TPSA) is 61.8 Å². The first-order valence-corrected chi connectivity index (χ1v) is 5.85. The van der Waals surface area contributed by atoms with E-state index in [0.29, 0.717) is 11.2 Å². The lowest BCUT2D eigenvalue weighted by atomic mass is 10.3. The summed E-state index contributed by atoms with van der Waals surface area (Å²) in [6.07, 6.45) is 5.05. The zero-order valence-electron chi connectivity index (χ0n) is 8.84. The number of aromatic hydroxyl groups is 1. The largest absolute Gasteiger partial charge is 0.504 e. The summed E-state index contributed by atoms with van der Waals surface area (Å²) in [5.41, 5.74) is 2.14. The highest BCUT2D eigenvalue weighted by molar-refractivity contribution is 7.21. The smallest absolute Gasteiger partial charge is 0.168 e. The Morgan fingerprint density at radius 1 is 1.47 bits per heavy atom. The number of nitrogens with one attached hydrogen (secondary N) is 1. The fourth-order valence-corrected chi connectivity index (χ4v) is 2.60. The maximum atomic E-state index is 9.88. The Morgan fingerprint density at radius 2 is 2.35 bits per heavy atom. The van der Waals surface area contributed by atoms with Crippen LogP contribution in [-0.2, 0) is 0 Å². The molecular formula is C12H9N3OS. The van der Waals surface area contributed by atoms with Crippen LogP contribution in [0.5, 0.6) is 5.75 Å². The van der Waals surface area contributed by atoms with E-state index in [2.05, 4.69) is 21.5 Å². The lowest BCUT2D eigenvalue weighted by molar-refractivity contribution is 0.479. The second kappa shape index (κ2) is 3.71. The third-order valence-electron chi connectivity index (χ3n) is 2.47. The average molecular weight is 243 g/mol. The normalized spacial score (nSPS) is 10.8. The van der Waals surface area contributed by atoms with E-state index >= 15 is 0 Å². The van der Waals surface area contributed by atoms with E-state index in [1.165, 1.54) is 11.3 Å². The van der Waals surface area contributed by atoms with Crippen LogP contribution in [0.2, 0.25) is 0 Å². The van der Waals surface area contributed by atoms with Gasteiger partial charge in [-0.05, 0) is 18.2 Å². The summed E-state index contributed by atoms with van der Waals surface area (Å²) in [4.78, 5) is 12.4. The number of hydrogen-bond acceptors (Lipinski definition) is 4. The minimum atomic E-state index is 0.154. The average Bonchev–Trinajstić information content (AvgIpc) is 2.90. The first kappa shape index (κ1) is 10.0. The SMILES string of the molecule is C=Cc1[nH]c2sc(-c3cccnc3)nc2c1O. The van der Waals surface area contributed by atoms with Crippen molar-refractivity contribution in [2.24, 2.45) is 0 Å². The van der Waals surface area contributed by atoms with Gasteiger partial charge in [-0.1, -0.05) is 17.9 Å². The van der Waals surface area contributed by atoms with E-state index in [1.54, 1.807) is 18.5 Å². The van der Waals surface area contributed by atoms with Gasteiger partial charge in [-0.2, -0.15) is 0 Å². The van der Waals surface area contributed by atoms with Crippen LogP contribution in [0.4, 0.5) is 0 Å². The number of aromatic amines is 1. The van der Waals surface area contributed by atoms with Gasteiger partial charge in [0.15, 0.2) is 5.75 Å². The summed E-state index contributed by atoms with van der Waals surface area (Å²) in [7, 11) is 0. The molecule has 0 aliphatic rings. The fourth-order valence-electron chi connectivity index (χ4n) is 1.63. The van der Waals surface area contributed by atoms with Gasteiger partial charge in [0, 0.05) is 18.0 Å². The van der Waals surface area contributed by atoms with E-state index in [1.807, 2.05) is 12.1 Å². The van der Waals surface area contributed by atoms with Crippen LogP contribution < -0.4 is 0 Å². The molecule has 0 unspecified atom stereocenters. The highest BCUT2D eigenvalue weighted by atomic mass is 32.1. The van der Waals surface area contributed by atoms with Gasteiger partial charge in [0.25, 0.3) is 0 Å². The van der Waals surface area contributed by atoms with Crippen LogP contribution >= 0.6 is 11.3 Å². The number of hydrogen-bond donors (Lipinski definition) is 2. The Balaban J connectivity index is 2.19. The second-order valence-electron chi connectivity index (χ2n) is 3.53. The van der Waals surface area contributed by atoms with Crippen molar-refractivity contribution in [3.8, 4) is 16.3 Å². The van der Waals surface area contributed by atoms with Gasteiger partial charge in [0.2, 0.25) is 0 Å². The van der Waals surface area contributed by atoms with Crippen molar-refractivity contribution in [2.45, 2.75) is 0 Å². The summed E-state index contributed by atoms with van der Waals surface area (Å²) in [6.45, 7) is 3.62. The number of pyridine rings is 1. The molecule has 5 heteroatoms. The third-order valence-corrected chi connectivity index (χ3v) is 3.49. The predicted molar refractivity (Wildman–Crippen MR) is 69.0 cm³/mol. The van der Waals surface area contributed by atoms with E-state index < -0.39 is 0 Å². The summed E-state index contributed by atoms with van der Waals surface area (Å²) < 4.78 is 0. The molecule has 0 aromatic carbocycles. The molecule has 0 atom stereocenters. The molecule has 0 aliphatic carbocycles. The summed E-state index contributed by atoms with van der Waals surface area (Å²) in [5.74, 6) is 0.154. The van der Waals surface area contributed by atoms with Gasteiger partial charge in [-0.3, -0.25) is 4.98 Å². The third kappa shape index (κ3) is 1.52. The van der Waals surface area contributed by atoms with Gasteiger partial charge in [0.05, 0.1) is 5.69 Å². The number of nitrogens with zero attached hydrogens (tertiary/aromatic N) is 2. The van der Waals surface area contributed by atoms with E-state index in [4.69, 9.17) is 0 Å². The number of fused-ring (bicyclic) bond motifs is 1. The molecule has 84 valence electrons. The molecule has 0 amide bonds. The predicted octanol–water partition coefficient (Wildman–Crippen LogP) is 3.04. The maximum Gasteiger partial charge on any atom is 0.168 e. The van der Waals surface area contributed by atoms with Crippen molar-refractivity contribution >= 4 is 27.8 Å². The summed E-state index contributed by atoms with van der Waals surface area (Å²) in [5, 5.41) is 10.7. The monoisotopic (exact) mass is 243 g/mol. The zero-order chi connectivity index (χ0) is 11.8. The van der Waals surface area contributed by atoms with Crippen molar-refractivity contribution in [1.29, 1.82) is 0 Å². The molecular weight excluding hydrogens is 234 g/mol. The first-order valence-electron chi connectivity index (χ1n) is 5.04. The number of aromatic nitrogens is 3. The molecule has 4 nitrogen and oxygen atoms in total. The quantitative estimate of drug-likeness (QED) is 0.727. The molecule has 17 heavy (non-hydrogen) atoms. The minimum Gasteiger partial charge on any atom is -0.504 e. The van der Waals surface area contributed by atoms with Gasteiger partial charge < -0.3 is 10.1 Å². The van der Waals surface area contributed by atoms with Crippen molar-refractivity contribution < 1.29 is 5.11 Å². The van der Waals surface area contributed by atoms with E-state index in [0.717, 1.165) is 15.4 Å². The van der Waals surface area contributed by atoms with E-state index in [9.17, 15) is 5.11 Å². The molecule has 0 saturated carbocycles. The molecule has 0 radical (unpaired) electrons. The van der Waals surface area contributed by atoms with Crippen LogP contribution in [0, 0.1) is 0 Å². The van der Waals surface area contributed by atoms with Gasteiger partial charge in [-0.15, -0.1) is 0 Å². The Kier molecular flexibility index (Phi) is 2.19. The van der Waals surface area contributed by atoms with Crippen LogP contribution in [0.3, 0.4) is 0 Å². The Bertz CT molecular complexity index is 684. The minimum absolute atomic E-state index is 0.154. The molecule has 0 aliphatic heterocycles. The Hall–Kier alpha value is -2.14. The standard InChI is InChI=1S/C12H9N3OS/c1-2-8-10(16)9-12(14-8)17-11(15-9)7-4-3-5-13-6-7/h2-6,14,16H,1H2. The van der Waals surface area contributed by atoms with Crippen molar-refractivity contribution in [2.75, 3.05) is 0 Å². The number of thiazole rings is 1.